The normalized spacial score (nSPS) is 22.9. The molecule has 3 fully saturated rings. The average molecular weight is 540 g/mol. The zero-order valence-corrected chi connectivity index (χ0v) is 21.3. The van der Waals surface area contributed by atoms with Crippen molar-refractivity contribution in [2.75, 3.05) is 43.5 Å². The van der Waals surface area contributed by atoms with Crippen molar-refractivity contribution < 1.29 is 23.4 Å². The topological polar surface area (TPSA) is 97.8 Å². The average Bonchev–Trinajstić information content (AvgIpc) is 3.66. The minimum absolute atomic E-state index is 0.00291. The van der Waals surface area contributed by atoms with Gasteiger partial charge >= 0.3 is 0 Å². The van der Waals surface area contributed by atoms with Crippen LogP contribution in [0.25, 0.3) is 10.9 Å². The van der Waals surface area contributed by atoms with Gasteiger partial charge in [0.1, 0.15) is 29.8 Å². The number of amides is 1. The molecule has 3 aromatic rings. The quantitative estimate of drug-likeness (QED) is 0.409. The Kier molecular flexibility index (Phi) is 7.12. The second-order valence-corrected chi connectivity index (χ2v) is 10.0. The molecule has 11 heteroatoms. The number of nitrogens with zero attached hydrogens (tertiary/aromatic N) is 3. The molecule has 1 amide bonds. The Morgan fingerprint density at radius 1 is 1.26 bits per heavy atom. The Balaban J connectivity index is 1.25. The monoisotopic (exact) mass is 539 g/mol. The lowest BCUT2D eigenvalue weighted by molar-refractivity contribution is -0.111. The van der Waals surface area contributed by atoms with Crippen LogP contribution >= 0.6 is 11.6 Å². The van der Waals surface area contributed by atoms with Crippen LogP contribution in [0.4, 0.5) is 21.6 Å². The molecular formula is C27H27ClFN5O4. The van der Waals surface area contributed by atoms with E-state index in [0.717, 1.165) is 26.0 Å². The van der Waals surface area contributed by atoms with Crippen LogP contribution in [0.2, 0.25) is 5.02 Å². The van der Waals surface area contributed by atoms with Gasteiger partial charge in [-0.2, -0.15) is 0 Å². The molecule has 198 valence electrons. The lowest BCUT2D eigenvalue weighted by atomic mass is 10.1. The van der Waals surface area contributed by atoms with Gasteiger partial charge in [-0.15, -0.1) is 0 Å². The van der Waals surface area contributed by atoms with Gasteiger partial charge in [0.05, 0.1) is 42.2 Å². The van der Waals surface area contributed by atoms with E-state index < -0.39 is 5.82 Å². The van der Waals surface area contributed by atoms with E-state index in [4.69, 9.17) is 25.8 Å². The number of fused-ring (bicyclic) bond motifs is 3. The Hall–Kier alpha value is -3.31. The van der Waals surface area contributed by atoms with Gasteiger partial charge in [0.2, 0.25) is 5.91 Å². The summed E-state index contributed by atoms with van der Waals surface area (Å²) in [7, 11) is 0. The maximum atomic E-state index is 13.6. The lowest BCUT2D eigenvalue weighted by Crippen LogP contribution is -2.36. The second-order valence-electron chi connectivity index (χ2n) is 9.64. The third-order valence-electron chi connectivity index (χ3n) is 6.98. The zero-order valence-electron chi connectivity index (χ0n) is 20.5. The Morgan fingerprint density at radius 3 is 2.95 bits per heavy atom. The standard InChI is InChI=1S/C27H27ClFN5O4/c28-21-8-16(3-4-22(21)29)32-27-20-10-24(25(11-23(20)30-15-31-27)38-18-5-7-36-14-18)33-26(35)2-1-6-34-12-19-9-17(34)13-37-19/h1-4,8,10-11,15,17-19H,5-7,9,12-14H2,(H,33,35)(H,30,31,32)/t17-,18-,19-/m0/s1. The van der Waals surface area contributed by atoms with Gasteiger partial charge in [0.15, 0.2) is 0 Å². The highest BCUT2D eigenvalue weighted by atomic mass is 35.5. The van der Waals surface area contributed by atoms with Crippen molar-refractivity contribution in [1.82, 2.24) is 14.9 Å². The SMILES string of the molecule is O=C(C=CCN1C[C@@H]2C[C@H]1CO2)Nc1cc2c(Nc3ccc(F)c(Cl)c3)ncnc2cc1O[C@H]1CCOC1. The number of morpholine rings is 1. The zero-order chi connectivity index (χ0) is 26.1. The van der Waals surface area contributed by atoms with Crippen LogP contribution in [-0.2, 0) is 14.3 Å². The molecule has 6 rings (SSSR count). The molecular weight excluding hydrogens is 513 g/mol. The maximum Gasteiger partial charge on any atom is 0.248 e. The molecule has 4 heterocycles. The second kappa shape index (κ2) is 10.8. The van der Waals surface area contributed by atoms with Crippen molar-refractivity contribution in [2.24, 2.45) is 0 Å². The predicted octanol–water partition coefficient (Wildman–Crippen LogP) is 4.30. The highest BCUT2D eigenvalue weighted by Crippen LogP contribution is 2.35. The van der Waals surface area contributed by atoms with Crippen LogP contribution < -0.4 is 15.4 Å². The van der Waals surface area contributed by atoms with Gasteiger partial charge in [-0.3, -0.25) is 9.69 Å². The van der Waals surface area contributed by atoms with Crippen molar-refractivity contribution in [3.63, 3.8) is 0 Å². The molecule has 38 heavy (non-hydrogen) atoms. The molecule has 2 bridgehead atoms. The molecule has 0 saturated carbocycles. The minimum Gasteiger partial charge on any atom is -0.486 e. The fourth-order valence-corrected chi connectivity index (χ4v) is 5.23. The van der Waals surface area contributed by atoms with E-state index in [1.54, 1.807) is 24.3 Å². The molecule has 3 saturated heterocycles. The fourth-order valence-electron chi connectivity index (χ4n) is 5.05. The minimum atomic E-state index is -0.508. The largest absolute Gasteiger partial charge is 0.486 e. The Morgan fingerprint density at radius 2 is 2.18 bits per heavy atom. The molecule has 2 N–H and O–H groups in total. The van der Waals surface area contributed by atoms with E-state index in [1.807, 2.05) is 6.08 Å². The van der Waals surface area contributed by atoms with Crippen molar-refractivity contribution >= 4 is 45.6 Å². The van der Waals surface area contributed by atoms with Crippen molar-refractivity contribution in [3.8, 4) is 5.75 Å². The number of ether oxygens (including phenoxy) is 3. The van der Waals surface area contributed by atoms with Gasteiger partial charge in [0, 0.05) is 48.8 Å². The number of anilines is 3. The molecule has 0 unspecified atom stereocenters. The third kappa shape index (κ3) is 5.44. The lowest BCUT2D eigenvalue weighted by Gasteiger charge is -2.25. The molecule has 2 aromatic carbocycles. The highest BCUT2D eigenvalue weighted by Gasteiger charge is 2.38. The number of carbonyl (C=O) groups is 1. The molecule has 3 atom stereocenters. The number of rotatable bonds is 8. The summed E-state index contributed by atoms with van der Waals surface area (Å²) in [4.78, 5) is 24.0. The first-order valence-electron chi connectivity index (χ1n) is 12.6. The number of likely N-dealkylation sites (tertiary alicyclic amines) is 1. The summed E-state index contributed by atoms with van der Waals surface area (Å²) in [6.45, 7) is 3.46. The van der Waals surface area contributed by atoms with Crippen LogP contribution in [0, 0.1) is 5.82 Å². The number of halogens is 2. The summed E-state index contributed by atoms with van der Waals surface area (Å²) < 4.78 is 30.9. The fraction of sp³-hybridized carbons (Fsp3) is 0.370. The first-order chi connectivity index (χ1) is 18.5. The first kappa shape index (κ1) is 25.0. The van der Waals surface area contributed by atoms with Crippen molar-refractivity contribution in [2.45, 2.75) is 31.1 Å². The Bertz CT molecular complexity index is 1380. The molecule has 3 aliphatic heterocycles. The molecule has 0 aliphatic carbocycles. The van der Waals surface area contributed by atoms with Gasteiger partial charge in [0.25, 0.3) is 0 Å². The molecule has 0 radical (unpaired) electrons. The number of aromatic nitrogens is 2. The molecule has 0 spiro atoms. The maximum absolute atomic E-state index is 13.6. The van der Waals surface area contributed by atoms with Crippen LogP contribution in [0.5, 0.6) is 5.75 Å². The smallest absolute Gasteiger partial charge is 0.248 e. The van der Waals surface area contributed by atoms with E-state index >= 15 is 0 Å². The summed E-state index contributed by atoms with van der Waals surface area (Å²) in [6.07, 6.45) is 6.86. The van der Waals surface area contributed by atoms with Crippen LogP contribution in [0.15, 0.2) is 48.8 Å². The van der Waals surface area contributed by atoms with Crippen LogP contribution in [-0.4, -0.2) is 71.9 Å². The third-order valence-corrected chi connectivity index (χ3v) is 7.27. The van der Waals surface area contributed by atoms with E-state index in [0.29, 0.717) is 65.7 Å². The summed E-state index contributed by atoms with van der Waals surface area (Å²) in [5.41, 5.74) is 1.67. The first-order valence-corrected chi connectivity index (χ1v) is 13.0. The molecule has 1 aromatic heterocycles. The predicted molar refractivity (Wildman–Crippen MR) is 142 cm³/mol. The van der Waals surface area contributed by atoms with Gasteiger partial charge in [-0.05, 0) is 30.7 Å². The van der Waals surface area contributed by atoms with Crippen LogP contribution in [0.3, 0.4) is 0 Å². The molecule has 9 nitrogen and oxygen atoms in total. The van der Waals surface area contributed by atoms with Gasteiger partial charge in [-0.1, -0.05) is 17.7 Å². The molecule has 3 aliphatic rings. The summed E-state index contributed by atoms with van der Waals surface area (Å²) in [5, 5.41) is 6.76. The number of carbonyl (C=O) groups excluding carboxylic acids is 1. The van der Waals surface area contributed by atoms with Crippen molar-refractivity contribution in [3.05, 3.63) is 59.7 Å². The van der Waals surface area contributed by atoms with Gasteiger partial charge in [-0.25, -0.2) is 14.4 Å². The number of nitrogens with one attached hydrogen (secondary N) is 2. The number of hydrogen-bond acceptors (Lipinski definition) is 8. The van der Waals surface area contributed by atoms with E-state index in [9.17, 15) is 9.18 Å². The number of hydrogen-bond donors (Lipinski definition) is 2. The van der Waals surface area contributed by atoms with Crippen molar-refractivity contribution in [1.29, 1.82) is 0 Å². The highest BCUT2D eigenvalue weighted by molar-refractivity contribution is 6.31. The summed E-state index contributed by atoms with van der Waals surface area (Å²) >= 11 is 5.95. The summed E-state index contributed by atoms with van der Waals surface area (Å²) in [6, 6.07) is 8.31. The van der Waals surface area contributed by atoms with E-state index in [-0.39, 0.29) is 17.0 Å². The summed E-state index contributed by atoms with van der Waals surface area (Å²) in [5.74, 6) is 0.198. The van der Waals surface area contributed by atoms with Crippen LogP contribution in [0.1, 0.15) is 12.8 Å². The Labute approximate surface area is 223 Å². The number of benzene rings is 2. The van der Waals surface area contributed by atoms with E-state index in [2.05, 4.69) is 25.5 Å². The van der Waals surface area contributed by atoms with Gasteiger partial charge < -0.3 is 24.8 Å². The van der Waals surface area contributed by atoms with E-state index in [1.165, 1.54) is 18.5 Å².